The van der Waals surface area contributed by atoms with Crippen LogP contribution in [-0.2, 0) is 6.54 Å². The molecule has 2 rings (SSSR count). The number of aromatic nitrogens is 3. The van der Waals surface area contributed by atoms with Crippen LogP contribution in [0.25, 0.3) is 11.0 Å². The predicted octanol–water partition coefficient (Wildman–Crippen LogP) is 2.80. The van der Waals surface area contributed by atoms with Crippen LogP contribution in [0.3, 0.4) is 0 Å². The summed E-state index contributed by atoms with van der Waals surface area (Å²) in [7, 11) is 0. The van der Waals surface area contributed by atoms with Crippen molar-refractivity contribution in [3.05, 3.63) is 24.9 Å². The summed E-state index contributed by atoms with van der Waals surface area (Å²) >= 11 is 0. The molecule has 0 aliphatic heterocycles. The maximum atomic E-state index is 5.75. The van der Waals surface area contributed by atoms with Crippen molar-refractivity contribution in [3.8, 4) is 0 Å². The van der Waals surface area contributed by atoms with Crippen LogP contribution >= 0.6 is 0 Å². The lowest BCUT2D eigenvalue weighted by atomic mass is 10.2. The summed E-state index contributed by atoms with van der Waals surface area (Å²) < 4.78 is 2.07. The van der Waals surface area contributed by atoms with Gasteiger partial charge in [0.05, 0.1) is 5.52 Å². The van der Waals surface area contributed by atoms with Crippen molar-refractivity contribution < 1.29 is 0 Å². The van der Waals surface area contributed by atoms with E-state index in [1.165, 1.54) is 12.8 Å². The van der Waals surface area contributed by atoms with E-state index in [0.29, 0.717) is 5.95 Å². The van der Waals surface area contributed by atoms with Crippen molar-refractivity contribution in [1.29, 1.82) is 0 Å². The first-order valence-electron chi connectivity index (χ1n) is 6.73. The third kappa shape index (κ3) is 3.05. The molecule has 0 saturated carbocycles. The number of nitrogen functional groups attached to an aromatic ring is 1. The van der Waals surface area contributed by atoms with Crippen molar-refractivity contribution in [2.75, 3.05) is 17.6 Å². The molecule has 0 bridgehead atoms. The number of nitrogens with one attached hydrogen (secondary N) is 1. The Kier molecular flexibility index (Phi) is 4.39. The fraction of sp³-hybridized carbons (Fsp3) is 0.429. The quantitative estimate of drug-likeness (QED) is 0.592. The monoisotopic (exact) mass is 259 g/mol. The molecule has 0 fully saturated rings. The van der Waals surface area contributed by atoms with E-state index in [4.69, 9.17) is 5.73 Å². The largest absolute Gasteiger partial charge is 0.368 e. The summed E-state index contributed by atoms with van der Waals surface area (Å²) in [6.07, 6.45) is 7.39. The lowest BCUT2D eigenvalue weighted by Crippen LogP contribution is -2.08. The molecule has 0 atom stereocenters. The van der Waals surface area contributed by atoms with E-state index >= 15 is 0 Å². The Labute approximate surface area is 113 Å². The Hall–Kier alpha value is -2.04. The molecule has 0 aliphatic rings. The first-order valence-corrected chi connectivity index (χ1v) is 6.73. The topological polar surface area (TPSA) is 68.8 Å². The minimum absolute atomic E-state index is 0.307. The molecule has 0 spiro atoms. The number of nitrogens with two attached hydrogens (primary N) is 1. The van der Waals surface area contributed by atoms with Crippen molar-refractivity contribution in [1.82, 2.24) is 14.5 Å². The van der Waals surface area contributed by atoms with E-state index in [1.807, 2.05) is 18.3 Å². The molecule has 19 heavy (non-hydrogen) atoms. The molecule has 0 amide bonds. The average Bonchev–Trinajstić information content (AvgIpc) is 2.78. The van der Waals surface area contributed by atoms with Gasteiger partial charge >= 0.3 is 0 Å². The fourth-order valence-corrected chi connectivity index (χ4v) is 2.12. The van der Waals surface area contributed by atoms with E-state index in [9.17, 15) is 0 Å². The van der Waals surface area contributed by atoms with Gasteiger partial charge in [-0.05, 0) is 12.5 Å². The number of nitrogens with zero attached hydrogens (tertiary/aromatic N) is 3. The molecule has 0 radical (unpaired) electrons. The Morgan fingerprint density at radius 2 is 2.26 bits per heavy atom. The zero-order valence-electron chi connectivity index (χ0n) is 11.4. The second-order valence-electron chi connectivity index (χ2n) is 4.55. The van der Waals surface area contributed by atoms with Crippen molar-refractivity contribution in [3.63, 3.8) is 0 Å². The summed E-state index contributed by atoms with van der Waals surface area (Å²) in [6.45, 7) is 7.60. The SMILES string of the molecule is C=CCn1ccc2nc(N)nc(NCCCCC)c21. The third-order valence-electron chi connectivity index (χ3n) is 3.03. The Bertz CT molecular complexity index is 558. The van der Waals surface area contributed by atoms with Gasteiger partial charge in [-0.15, -0.1) is 6.58 Å². The van der Waals surface area contributed by atoms with E-state index in [2.05, 4.69) is 33.4 Å². The summed E-state index contributed by atoms with van der Waals surface area (Å²) in [5, 5.41) is 3.36. The minimum atomic E-state index is 0.307. The van der Waals surface area contributed by atoms with Crippen molar-refractivity contribution >= 4 is 22.8 Å². The molecular formula is C14H21N5. The van der Waals surface area contributed by atoms with E-state index in [-0.39, 0.29) is 0 Å². The molecule has 102 valence electrons. The zero-order valence-corrected chi connectivity index (χ0v) is 11.4. The summed E-state index contributed by atoms with van der Waals surface area (Å²) in [5.41, 5.74) is 7.61. The summed E-state index contributed by atoms with van der Waals surface area (Å²) in [4.78, 5) is 8.57. The van der Waals surface area contributed by atoms with Crippen LogP contribution in [0.4, 0.5) is 11.8 Å². The molecule has 2 aromatic rings. The Morgan fingerprint density at radius 3 is 3.00 bits per heavy atom. The van der Waals surface area contributed by atoms with Gasteiger partial charge in [0.2, 0.25) is 5.95 Å². The first kappa shape index (κ1) is 13.4. The van der Waals surface area contributed by atoms with Crippen LogP contribution in [0.1, 0.15) is 26.2 Å². The van der Waals surface area contributed by atoms with E-state index < -0.39 is 0 Å². The van der Waals surface area contributed by atoms with Gasteiger partial charge in [-0.2, -0.15) is 4.98 Å². The van der Waals surface area contributed by atoms with Gasteiger partial charge in [-0.3, -0.25) is 0 Å². The van der Waals surface area contributed by atoms with Gasteiger partial charge < -0.3 is 15.6 Å². The second-order valence-corrected chi connectivity index (χ2v) is 4.55. The molecule has 2 heterocycles. The van der Waals surface area contributed by atoms with E-state index in [1.54, 1.807) is 0 Å². The van der Waals surface area contributed by atoms with Gasteiger partial charge in [0.15, 0.2) is 5.82 Å². The standard InChI is InChI=1S/C14H21N5/c1-3-5-6-8-16-13-12-11(17-14(15)18-13)7-10-19(12)9-4-2/h4,7,10H,2-3,5-6,8-9H2,1H3,(H3,15,16,17,18). The lowest BCUT2D eigenvalue weighted by molar-refractivity contribution is 0.742. The lowest BCUT2D eigenvalue weighted by Gasteiger charge is -2.10. The van der Waals surface area contributed by atoms with E-state index in [0.717, 1.165) is 36.4 Å². The second kappa shape index (κ2) is 6.22. The molecular weight excluding hydrogens is 238 g/mol. The van der Waals surface area contributed by atoms with Gasteiger partial charge in [0.25, 0.3) is 0 Å². The number of fused-ring (bicyclic) bond motifs is 1. The van der Waals surface area contributed by atoms with Crippen LogP contribution in [0.15, 0.2) is 24.9 Å². The van der Waals surface area contributed by atoms with Gasteiger partial charge in [0, 0.05) is 19.3 Å². The highest BCUT2D eigenvalue weighted by atomic mass is 15.1. The van der Waals surface area contributed by atoms with Gasteiger partial charge in [-0.1, -0.05) is 25.8 Å². The summed E-state index contributed by atoms with van der Waals surface area (Å²) in [6, 6.07) is 1.95. The molecule has 2 aromatic heterocycles. The Morgan fingerprint density at radius 1 is 1.42 bits per heavy atom. The number of hydrogen-bond donors (Lipinski definition) is 2. The smallest absolute Gasteiger partial charge is 0.222 e. The number of unbranched alkanes of at least 4 members (excludes halogenated alkanes) is 2. The predicted molar refractivity (Wildman–Crippen MR) is 80.2 cm³/mol. The third-order valence-corrected chi connectivity index (χ3v) is 3.03. The highest BCUT2D eigenvalue weighted by Crippen LogP contribution is 2.22. The molecule has 0 saturated heterocycles. The Balaban J connectivity index is 2.28. The number of allylic oxidation sites excluding steroid dienone is 1. The van der Waals surface area contributed by atoms with Crippen molar-refractivity contribution in [2.24, 2.45) is 0 Å². The van der Waals surface area contributed by atoms with Gasteiger partial charge in [-0.25, -0.2) is 4.98 Å². The van der Waals surface area contributed by atoms with Crippen LogP contribution in [0.2, 0.25) is 0 Å². The van der Waals surface area contributed by atoms with Crippen LogP contribution in [0, 0.1) is 0 Å². The normalized spacial score (nSPS) is 10.8. The number of anilines is 2. The zero-order chi connectivity index (χ0) is 13.7. The molecule has 3 N–H and O–H groups in total. The molecule has 0 aliphatic carbocycles. The maximum Gasteiger partial charge on any atom is 0.222 e. The highest BCUT2D eigenvalue weighted by molar-refractivity contribution is 5.87. The van der Waals surface area contributed by atoms with Crippen LogP contribution < -0.4 is 11.1 Å². The first-order chi connectivity index (χ1) is 9.26. The number of hydrogen-bond acceptors (Lipinski definition) is 4. The fourth-order valence-electron chi connectivity index (χ4n) is 2.12. The molecule has 0 unspecified atom stereocenters. The van der Waals surface area contributed by atoms with Gasteiger partial charge in [0.1, 0.15) is 5.52 Å². The van der Waals surface area contributed by atoms with Crippen molar-refractivity contribution in [2.45, 2.75) is 32.7 Å². The molecule has 5 nitrogen and oxygen atoms in total. The van der Waals surface area contributed by atoms with Crippen LogP contribution in [-0.4, -0.2) is 21.1 Å². The molecule has 0 aromatic carbocycles. The summed E-state index contributed by atoms with van der Waals surface area (Å²) in [5.74, 6) is 1.12. The number of rotatable bonds is 7. The maximum absolute atomic E-state index is 5.75. The average molecular weight is 259 g/mol. The van der Waals surface area contributed by atoms with Crippen LogP contribution in [0.5, 0.6) is 0 Å². The minimum Gasteiger partial charge on any atom is -0.368 e. The highest BCUT2D eigenvalue weighted by Gasteiger charge is 2.10. The molecule has 5 heteroatoms.